The summed E-state index contributed by atoms with van der Waals surface area (Å²) in [7, 11) is 0. The van der Waals surface area contributed by atoms with Crippen LogP contribution >= 0.6 is 0 Å². The van der Waals surface area contributed by atoms with E-state index in [9.17, 15) is 9.18 Å². The zero-order valence-corrected chi connectivity index (χ0v) is 9.79. The van der Waals surface area contributed by atoms with Gasteiger partial charge in [0.2, 0.25) is 5.91 Å². The number of hydrogen-bond acceptors (Lipinski definition) is 2. The van der Waals surface area contributed by atoms with Gasteiger partial charge >= 0.3 is 0 Å². The SMILES string of the molecule is O=C1CNCCCN1CCc1ccc(F)cc1. The van der Waals surface area contributed by atoms with E-state index in [1.165, 1.54) is 12.1 Å². The number of benzene rings is 1. The van der Waals surface area contributed by atoms with Crippen LogP contribution in [0.2, 0.25) is 0 Å². The van der Waals surface area contributed by atoms with Gasteiger partial charge in [-0.2, -0.15) is 0 Å². The fraction of sp³-hybridized carbons (Fsp3) is 0.462. The summed E-state index contributed by atoms with van der Waals surface area (Å²) in [5.74, 6) is -0.0617. The number of halogens is 1. The van der Waals surface area contributed by atoms with Crippen LogP contribution in [-0.2, 0) is 11.2 Å². The van der Waals surface area contributed by atoms with Crippen molar-refractivity contribution >= 4 is 5.91 Å². The fourth-order valence-corrected chi connectivity index (χ4v) is 1.98. The van der Waals surface area contributed by atoms with Crippen molar-refractivity contribution in [3.05, 3.63) is 35.6 Å². The van der Waals surface area contributed by atoms with Crippen molar-refractivity contribution in [3.63, 3.8) is 0 Å². The van der Waals surface area contributed by atoms with Gasteiger partial charge in [-0.05, 0) is 37.1 Å². The maximum Gasteiger partial charge on any atom is 0.236 e. The molecule has 0 spiro atoms. The van der Waals surface area contributed by atoms with Gasteiger partial charge in [0.05, 0.1) is 6.54 Å². The van der Waals surface area contributed by atoms with Gasteiger partial charge in [0.15, 0.2) is 0 Å². The first-order chi connectivity index (χ1) is 8.25. The maximum absolute atomic E-state index is 12.7. The Hall–Kier alpha value is -1.42. The van der Waals surface area contributed by atoms with E-state index in [4.69, 9.17) is 0 Å². The Morgan fingerprint density at radius 2 is 2.06 bits per heavy atom. The summed E-state index contributed by atoms with van der Waals surface area (Å²) in [6.07, 6.45) is 1.78. The molecule has 0 aromatic heterocycles. The molecule has 3 nitrogen and oxygen atoms in total. The number of nitrogens with one attached hydrogen (secondary N) is 1. The van der Waals surface area contributed by atoms with E-state index in [1.54, 1.807) is 12.1 Å². The second-order valence-corrected chi connectivity index (χ2v) is 4.29. The molecule has 0 atom stereocenters. The summed E-state index contributed by atoms with van der Waals surface area (Å²) in [6, 6.07) is 6.47. The van der Waals surface area contributed by atoms with E-state index in [0.29, 0.717) is 13.1 Å². The largest absolute Gasteiger partial charge is 0.341 e. The fourth-order valence-electron chi connectivity index (χ4n) is 1.98. The zero-order valence-electron chi connectivity index (χ0n) is 9.79. The van der Waals surface area contributed by atoms with Crippen LogP contribution in [-0.4, -0.2) is 37.0 Å². The third-order valence-corrected chi connectivity index (χ3v) is 2.99. The van der Waals surface area contributed by atoms with E-state index in [2.05, 4.69) is 5.32 Å². The average molecular weight is 236 g/mol. The van der Waals surface area contributed by atoms with E-state index in [0.717, 1.165) is 31.5 Å². The molecule has 2 rings (SSSR count). The Morgan fingerprint density at radius 3 is 2.82 bits per heavy atom. The monoisotopic (exact) mass is 236 g/mol. The molecule has 1 aliphatic heterocycles. The highest BCUT2D eigenvalue weighted by Crippen LogP contribution is 2.06. The van der Waals surface area contributed by atoms with Crippen LogP contribution in [0.25, 0.3) is 0 Å². The molecule has 1 fully saturated rings. The molecule has 4 heteroatoms. The zero-order chi connectivity index (χ0) is 12.1. The topological polar surface area (TPSA) is 32.3 Å². The average Bonchev–Trinajstić information content (AvgIpc) is 2.54. The summed E-state index contributed by atoms with van der Waals surface area (Å²) in [5, 5.41) is 3.09. The number of carbonyl (C=O) groups is 1. The number of rotatable bonds is 3. The number of nitrogens with zero attached hydrogens (tertiary/aromatic N) is 1. The van der Waals surface area contributed by atoms with Crippen LogP contribution in [0.1, 0.15) is 12.0 Å². The lowest BCUT2D eigenvalue weighted by molar-refractivity contribution is -0.129. The molecular weight excluding hydrogens is 219 g/mol. The van der Waals surface area contributed by atoms with Gasteiger partial charge in [0.1, 0.15) is 5.82 Å². The van der Waals surface area contributed by atoms with Gasteiger partial charge in [-0.1, -0.05) is 12.1 Å². The van der Waals surface area contributed by atoms with E-state index in [1.807, 2.05) is 4.90 Å². The minimum Gasteiger partial charge on any atom is -0.341 e. The summed E-state index contributed by atoms with van der Waals surface area (Å²) in [6.45, 7) is 2.86. The second-order valence-electron chi connectivity index (χ2n) is 4.29. The van der Waals surface area contributed by atoms with Crippen molar-refractivity contribution in [1.29, 1.82) is 0 Å². The Labute approximate surface area is 101 Å². The van der Waals surface area contributed by atoms with Gasteiger partial charge in [0.25, 0.3) is 0 Å². The quantitative estimate of drug-likeness (QED) is 0.855. The molecule has 1 amide bonds. The lowest BCUT2D eigenvalue weighted by Crippen LogP contribution is -2.36. The molecule has 1 aliphatic rings. The first kappa shape index (κ1) is 12.0. The lowest BCUT2D eigenvalue weighted by Gasteiger charge is -2.19. The number of carbonyl (C=O) groups excluding carboxylic acids is 1. The Kier molecular flexibility index (Phi) is 4.09. The lowest BCUT2D eigenvalue weighted by atomic mass is 10.1. The van der Waals surface area contributed by atoms with Crippen LogP contribution in [0.3, 0.4) is 0 Å². The predicted octanol–water partition coefficient (Wildman–Crippen LogP) is 1.19. The smallest absolute Gasteiger partial charge is 0.236 e. The molecule has 1 aromatic rings. The van der Waals surface area contributed by atoms with Crippen molar-refractivity contribution < 1.29 is 9.18 Å². The van der Waals surface area contributed by atoms with Crippen LogP contribution in [0, 0.1) is 5.82 Å². The maximum atomic E-state index is 12.7. The molecule has 1 aromatic carbocycles. The van der Waals surface area contributed by atoms with Crippen LogP contribution in [0.15, 0.2) is 24.3 Å². The molecule has 92 valence electrons. The first-order valence-electron chi connectivity index (χ1n) is 5.98. The molecule has 0 unspecified atom stereocenters. The standard InChI is InChI=1S/C13H17FN2O/c14-12-4-2-11(3-5-12)6-9-16-8-1-7-15-10-13(16)17/h2-5,15H,1,6-10H2. The van der Waals surface area contributed by atoms with Gasteiger partial charge in [0, 0.05) is 13.1 Å². The molecule has 17 heavy (non-hydrogen) atoms. The van der Waals surface area contributed by atoms with Gasteiger partial charge in [-0.15, -0.1) is 0 Å². The third kappa shape index (κ3) is 3.53. The molecule has 0 saturated carbocycles. The molecule has 0 radical (unpaired) electrons. The van der Waals surface area contributed by atoms with Gasteiger partial charge < -0.3 is 10.2 Å². The molecule has 1 saturated heterocycles. The Balaban J connectivity index is 1.88. The van der Waals surface area contributed by atoms with Crippen molar-refractivity contribution in [2.75, 3.05) is 26.2 Å². The highest BCUT2D eigenvalue weighted by molar-refractivity contribution is 5.78. The van der Waals surface area contributed by atoms with Crippen molar-refractivity contribution in [3.8, 4) is 0 Å². The second kappa shape index (κ2) is 5.77. The Bertz CT molecular complexity index is 378. The van der Waals surface area contributed by atoms with Crippen LogP contribution < -0.4 is 5.32 Å². The minimum atomic E-state index is -0.219. The number of hydrogen-bond donors (Lipinski definition) is 1. The van der Waals surface area contributed by atoms with Crippen molar-refractivity contribution in [2.45, 2.75) is 12.8 Å². The molecular formula is C13H17FN2O. The van der Waals surface area contributed by atoms with Crippen LogP contribution in [0.4, 0.5) is 4.39 Å². The summed E-state index contributed by atoms with van der Waals surface area (Å²) in [5.41, 5.74) is 1.07. The summed E-state index contributed by atoms with van der Waals surface area (Å²) >= 11 is 0. The molecule has 0 bridgehead atoms. The first-order valence-corrected chi connectivity index (χ1v) is 5.98. The normalized spacial score (nSPS) is 17.0. The number of amides is 1. The predicted molar refractivity (Wildman–Crippen MR) is 64.2 cm³/mol. The molecule has 0 aliphatic carbocycles. The summed E-state index contributed by atoms with van der Waals surface area (Å²) in [4.78, 5) is 13.6. The Morgan fingerprint density at radius 1 is 1.29 bits per heavy atom. The highest BCUT2D eigenvalue weighted by Gasteiger charge is 2.15. The van der Waals surface area contributed by atoms with Gasteiger partial charge in [-0.3, -0.25) is 4.79 Å². The van der Waals surface area contributed by atoms with Crippen molar-refractivity contribution in [1.82, 2.24) is 10.2 Å². The summed E-state index contributed by atoms with van der Waals surface area (Å²) < 4.78 is 12.7. The molecule has 1 heterocycles. The van der Waals surface area contributed by atoms with Crippen LogP contribution in [0.5, 0.6) is 0 Å². The van der Waals surface area contributed by atoms with Crippen molar-refractivity contribution in [2.24, 2.45) is 0 Å². The van der Waals surface area contributed by atoms with E-state index >= 15 is 0 Å². The van der Waals surface area contributed by atoms with E-state index < -0.39 is 0 Å². The third-order valence-electron chi connectivity index (χ3n) is 2.99. The van der Waals surface area contributed by atoms with Gasteiger partial charge in [-0.25, -0.2) is 4.39 Å². The van der Waals surface area contributed by atoms with E-state index in [-0.39, 0.29) is 11.7 Å². The molecule has 1 N–H and O–H groups in total. The highest BCUT2D eigenvalue weighted by atomic mass is 19.1. The minimum absolute atomic E-state index is 0.157.